The van der Waals surface area contributed by atoms with Crippen LogP contribution in [0.5, 0.6) is 0 Å². The summed E-state index contributed by atoms with van der Waals surface area (Å²) >= 11 is 1.38. The molecule has 0 spiro atoms. The van der Waals surface area contributed by atoms with Crippen molar-refractivity contribution in [2.24, 2.45) is 0 Å². The fourth-order valence-corrected chi connectivity index (χ4v) is 2.68. The van der Waals surface area contributed by atoms with Crippen LogP contribution in [0.2, 0.25) is 0 Å². The number of aliphatic hydroxyl groups is 1. The second-order valence-corrected chi connectivity index (χ2v) is 6.58. The Hall–Kier alpha value is -1.86. The Kier molecular flexibility index (Phi) is 4.87. The molecule has 0 saturated heterocycles. The lowest BCUT2D eigenvalue weighted by atomic mass is 10.0. The minimum absolute atomic E-state index is 0.0359. The predicted octanol–water partition coefficient (Wildman–Crippen LogP) is 3.20. The second kappa shape index (κ2) is 6.50. The number of anilines is 1. The van der Waals surface area contributed by atoms with Crippen LogP contribution in [0, 0.1) is 6.92 Å². The van der Waals surface area contributed by atoms with Gasteiger partial charge in [-0.3, -0.25) is 5.32 Å². The molecule has 0 aliphatic heterocycles. The number of hydrogen-bond acceptors (Lipinski definition) is 5. The van der Waals surface area contributed by atoms with Gasteiger partial charge in [-0.2, -0.15) is 0 Å². The van der Waals surface area contributed by atoms with E-state index in [9.17, 15) is 9.90 Å². The van der Waals surface area contributed by atoms with Gasteiger partial charge in [0, 0.05) is 5.38 Å². The Morgan fingerprint density at radius 1 is 1.50 bits per heavy atom. The molecule has 7 heteroatoms. The molecule has 0 aromatic carbocycles. The SMILES string of the molecule is Cc1ccc([C@@](C)(O)CNC(=O)Nc2nc(C(C)C)cs2)o1. The number of rotatable bonds is 5. The molecule has 120 valence electrons. The van der Waals surface area contributed by atoms with Gasteiger partial charge in [0.2, 0.25) is 0 Å². The van der Waals surface area contributed by atoms with Gasteiger partial charge in [0.15, 0.2) is 5.13 Å². The Balaban J connectivity index is 1.89. The molecule has 0 saturated carbocycles. The molecule has 0 unspecified atom stereocenters. The molecule has 2 aromatic rings. The number of furan rings is 1. The number of nitrogens with zero attached hydrogens (tertiary/aromatic N) is 1. The minimum atomic E-state index is -1.27. The summed E-state index contributed by atoms with van der Waals surface area (Å²) in [5.74, 6) is 1.45. The first-order valence-corrected chi connectivity index (χ1v) is 7.95. The van der Waals surface area contributed by atoms with E-state index in [1.54, 1.807) is 26.0 Å². The molecule has 6 nitrogen and oxygen atoms in total. The summed E-state index contributed by atoms with van der Waals surface area (Å²) < 4.78 is 5.40. The van der Waals surface area contributed by atoms with Crippen LogP contribution >= 0.6 is 11.3 Å². The quantitative estimate of drug-likeness (QED) is 0.788. The van der Waals surface area contributed by atoms with E-state index in [1.165, 1.54) is 11.3 Å². The van der Waals surface area contributed by atoms with Crippen molar-refractivity contribution in [3.05, 3.63) is 34.7 Å². The van der Waals surface area contributed by atoms with Gasteiger partial charge in [0.25, 0.3) is 0 Å². The summed E-state index contributed by atoms with van der Waals surface area (Å²) in [6.45, 7) is 7.51. The van der Waals surface area contributed by atoms with Crippen molar-refractivity contribution in [2.45, 2.75) is 39.2 Å². The van der Waals surface area contributed by atoms with Crippen LogP contribution in [0.4, 0.5) is 9.93 Å². The van der Waals surface area contributed by atoms with Gasteiger partial charge < -0.3 is 14.8 Å². The largest absolute Gasteiger partial charge is 0.463 e. The van der Waals surface area contributed by atoms with Gasteiger partial charge in [0.05, 0.1) is 12.2 Å². The van der Waals surface area contributed by atoms with Crippen LogP contribution in [0.15, 0.2) is 21.9 Å². The average molecular weight is 323 g/mol. The Bertz CT molecular complexity index is 646. The zero-order valence-electron chi connectivity index (χ0n) is 13.1. The van der Waals surface area contributed by atoms with Crippen molar-refractivity contribution in [3.63, 3.8) is 0 Å². The van der Waals surface area contributed by atoms with E-state index in [0.29, 0.717) is 22.6 Å². The first-order valence-electron chi connectivity index (χ1n) is 7.07. The standard InChI is InChI=1S/C15H21N3O3S/c1-9(2)11-7-22-14(17-11)18-13(19)16-8-15(4,20)12-6-5-10(3)21-12/h5-7,9,20H,8H2,1-4H3,(H2,16,17,18,19)/t15-/m0/s1. The first-order chi connectivity index (χ1) is 10.3. The molecule has 2 heterocycles. The zero-order valence-corrected chi connectivity index (χ0v) is 14.0. The number of thiazole rings is 1. The summed E-state index contributed by atoms with van der Waals surface area (Å²) in [4.78, 5) is 16.2. The highest BCUT2D eigenvalue weighted by Gasteiger charge is 2.27. The van der Waals surface area contributed by atoms with Crippen molar-refractivity contribution in [1.82, 2.24) is 10.3 Å². The topological polar surface area (TPSA) is 87.4 Å². The molecule has 3 N–H and O–H groups in total. The molecule has 0 aliphatic carbocycles. The molecule has 2 aromatic heterocycles. The van der Waals surface area contributed by atoms with E-state index in [1.807, 2.05) is 19.2 Å². The number of amides is 2. The van der Waals surface area contributed by atoms with E-state index in [2.05, 4.69) is 15.6 Å². The van der Waals surface area contributed by atoms with Crippen LogP contribution in [0.1, 0.15) is 43.9 Å². The minimum Gasteiger partial charge on any atom is -0.463 e. The monoisotopic (exact) mass is 323 g/mol. The summed E-state index contributed by atoms with van der Waals surface area (Å²) in [7, 11) is 0. The lowest BCUT2D eigenvalue weighted by molar-refractivity contribution is 0.0364. The van der Waals surface area contributed by atoms with Crippen molar-refractivity contribution in [2.75, 3.05) is 11.9 Å². The molecule has 0 radical (unpaired) electrons. The predicted molar refractivity (Wildman–Crippen MR) is 86.2 cm³/mol. The zero-order chi connectivity index (χ0) is 16.3. The molecule has 0 fully saturated rings. The molecule has 1 atom stereocenters. The number of nitrogens with one attached hydrogen (secondary N) is 2. The number of carbonyl (C=O) groups is 1. The van der Waals surface area contributed by atoms with E-state index in [0.717, 1.165) is 5.69 Å². The average Bonchev–Trinajstić information content (AvgIpc) is 3.06. The number of hydrogen-bond donors (Lipinski definition) is 3. The molecule has 0 bridgehead atoms. The third-order valence-corrected chi connectivity index (χ3v) is 3.97. The smallest absolute Gasteiger partial charge is 0.321 e. The Morgan fingerprint density at radius 2 is 2.23 bits per heavy atom. The molecule has 2 rings (SSSR count). The van der Waals surface area contributed by atoms with Crippen molar-refractivity contribution in [3.8, 4) is 0 Å². The van der Waals surface area contributed by atoms with Crippen molar-refractivity contribution in [1.29, 1.82) is 0 Å². The van der Waals surface area contributed by atoms with E-state index in [4.69, 9.17) is 4.42 Å². The van der Waals surface area contributed by atoms with E-state index >= 15 is 0 Å². The van der Waals surface area contributed by atoms with Gasteiger partial charge in [-0.1, -0.05) is 13.8 Å². The van der Waals surface area contributed by atoms with Gasteiger partial charge in [-0.05, 0) is 31.9 Å². The molecule has 22 heavy (non-hydrogen) atoms. The Morgan fingerprint density at radius 3 is 2.77 bits per heavy atom. The first kappa shape index (κ1) is 16.5. The molecular formula is C15H21N3O3S. The lowest BCUT2D eigenvalue weighted by Gasteiger charge is -2.21. The number of aromatic nitrogens is 1. The summed E-state index contributed by atoms with van der Waals surface area (Å²) in [6, 6.07) is 3.06. The second-order valence-electron chi connectivity index (χ2n) is 5.72. The van der Waals surface area contributed by atoms with Crippen LogP contribution in [-0.2, 0) is 5.60 Å². The van der Waals surface area contributed by atoms with Gasteiger partial charge in [-0.25, -0.2) is 9.78 Å². The highest BCUT2D eigenvalue weighted by molar-refractivity contribution is 7.13. The summed E-state index contributed by atoms with van der Waals surface area (Å²) in [5.41, 5.74) is -0.323. The van der Waals surface area contributed by atoms with Crippen LogP contribution in [0.3, 0.4) is 0 Å². The highest BCUT2D eigenvalue weighted by atomic mass is 32.1. The molecule has 2 amide bonds. The van der Waals surface area contributed by atoms with Gasteiger partial charge in [0.1, 0.15) is 17.1 Å². The van der Waals surface area contributed by atoms with E-state index in [-0.39, 0.29) is 6.54 Å². The van der Waals surface area contributed by atoms with Crippen LogP contribution < -0.4 is 10.6 Å². The fourth-order valence-electron chi connectivity index (χ4n) is 1.81. The number of aryl methyl sites for hydroxylation is 1. The molecular weight excluding hydrogens is 302 g/mol. The van der Waals surface area contributed by atoms with Crippen molar-refractivity contribution >= 4 is 22.5 Å². The van der Waals surface area contributed by atoms with E-state index < -0.39 is 11.6 Å². The summed E-state index contributed by atoms with van der Waals surface area (Å²) in [6.07, 6.45) is 0. The van der Waals surface area contributed by atoms with Crippen molar-refractivity contribution < 1.29 is 14.3 Å². The lowest BCUT2D eigenvalue weighted by Crippen LogP contribution is -2.40. The van der Waals surface area contributed by atoms with Gasteiger partial charge in [-0.15, -0.1) is 11.3 Å². The van der Waals surface area contributed by atoms with Gasteiger partial charge >= 0.3 is 6.03 Å². The maximum atomic E-state index is 11.9. The normalized spacial score (nSPS) is 13.9. The Labute approximate surface area is 133 Å². The number of carbonyl (C=O) groups excluding carboxylic acids is 1. The summed E-state index contributed by atoms with van der Waals surface area (Å²) in [5, 5.41) is 18.1. The maximum Gasteiger partial charge on any atom is 0.321 e. The highest BCUT2D eigenvalue weighted by Crippen LogP contribution is 2.23. The third-order valence-electron chi connectivity index (χ3n) is 3.20. The third kappa shape index (κ3) is 4.08. The fraction of sp³-hybridized carbons (Fsp3) is 0.467. The van der Waals surface area contributed by atoms with Crippen LogP contribution in [0.25, 0.3) is 0 Å². The number of urea groups is 1. The molecule has 0 aliphatic rings. The maximum absolute atomic E-state index is 11.9. The van der Waals surface area contributed by atoms with Crippen LogP contribution in [-0.4, -0.2) is 22.7 Å².